The van der Waals surface area contributed by atoms with E-state index in [0.717, 1.165) is 25.3 Å². The van der Waals surface area contributed by atoms with Crippen LogP contribution in [0.25, 0.3) is 0 Å². The van der Waals surface area contributed by atoms with Crippen molar-refractivity contribution in [3.63, 3.8) is 0 Å². The number of alkyl halides is 1. The van der Waals surface area contributed by atoms with Gasteiger partial charge < -0.3 is 19.7 Å². The third kappa shape index (κ3) is 9.45. The second-order valence-electron chi connectivity index (χ2n) is 5.59. The van der Waals surface area contributed by atoms with Crippen LogP contribution in [0, 0.1) is 0 Å². The zero-order chi connectivity index (χ0) is 20.8. The predicted molar refractivity (Wildman–Crippen MR) is 122 cm³/mol. The van der Waals surface area contributed by atoms with E-state index in [1.54, 1.807) is 13.2 Å². The highest BCUT2D eigenvalue weighted by molar-refractivity contribution is 8.18. The van der Waals surface area contributed by atoms with E-state index in [-0.39, 0.29) is 5.88 Å². The van der Waals surface area contributed by atoms with Crippen molar-refractivity contribution in [2.45, 2.75) is 6.92 Å². The van der Waals surface area contributed by atoms with Crippen LogP contribution in [-0.2, 0) is 15.7 Å². The molecule has 2 N–H and O–H groups in total. The molecule has 0 fully saturated rings. The number of likely N-dealkylation sites (N-methyl/N-ethyl adjacent to an activating group) is 2. The minimum absolute atomic E-state index is 0.250. The van der Waals surface area contributed by atoms with Crippen molar-refractivity contribution >= 4 is 40.0 Å². The van der Waals surface area contributed by atoms with E-state index in [4.69, 9.17) is 21.1 Å². The quantitative estimate of drug-likeness (QED) is 0.244. The average molecular weight is 448 g/mol. The molecule has 28 heavy (non-hydrogen) atoms. The van der Waals surface area contributed by atoms with Crippen LogP contribution < -0.4 is 19.7 Å². The number of hydrogen-bond acceptors (Lipinski definition) is 6. The summed E-state index contributed by atoms with van der Waals surface area (Å²) in [6, 6.07) is 7.85. The molecule has 9 heteroatoms. The van der Waals surface area contributed by atoms with Crippen molar-refractivity contribution in [1.29, 1.82) is 0 Å². The van der Waals surface area contributed by atoms with Gasteiger partial charge in [0.05, 0.1) is 10.8 Å². The smallest absolute Gasteiger partial charge is 0.159 e. The summed E-state index contributed by atoms with van der Waals surface area (Å²) in [6.07, 6.45) is 1.68. The summed E-state index contributed by atoms with van der Waals surface area (Å²) in [5, 5.41) is 3.59. The lowest BCUT2D eigenvalue weighted by atomic mass is 10.2. The van der Waals surface area contributed by atoms with E-state index in [1.165, 1.54) is 11.8 Å². The Morgan fingerprint density at radius 2 is 2.21 bits per heavy atom. The van der Waals surface area contributed by atoms with Gasteiger partial charge in [0, 0.05) is 50.9 Å². The molecule has 6 nitrogen and oxygen atoms in total. The summed E-state index contributed by atoms with van der Waals surface area (Å²) < 4.78 is 26.6. The van der Waals surface area contributed by atoms with Crippen molar-refractivity contribution in [3.8, 4) is 5.75 Å². The molecule has 0 aliphatic carbocycles. The van der Waals surface area contributed by atoms with E-state index < -0.39 is 11.0 Å². The molecule has 0 aliphatic heterocycles. The molecular weight excluding hydrogens is 418 g/mol. The lowest BCUT2D eigenvalue weighted by Gasteiger charge is -2.23. The van der Waals surface area contributed by atoms with Gasteiger partial charge >= 0.3 is 0 Å². The van der Waals surface area contributed by atoms with Gasteiger partial charge in [0.1, 0.15) is 16.7 Å². The van der Waals surface area contributed by atoms with Crippen LogP contribution in [0.1, 0.15) is 6.92 Å². The number of halogens is 1. The molecule has 0 bridgehead atoms. The number of nitrogens with one attached hydrogen (secondary N) is 2. The maximum absolute atomic E-state index is 12.4. The fourth-order valence-electron chi connectivity index (χ4n) is 2.25. The van der Waals surface area contributed by atoms with Crippen LogP contribution in [-0.4, -0.2) is 57.0 Å². The Hall–Kier alpha value is -1.03. The number of allylic oxidation sites excluding steroid dienone is 1. The SMILES string of the molecule is C=C(Oc1cccc(N(CC)CCNC)c1)S/C(=C\CCl)S(=O)NCCOC. The molecule has 1 rings (SSSR count). The lowest BCUT2D eigenvalue weighted by Crippen LogP contribution is -2.30. The molecule has 1 unspecified atom stereocenters. The Labute approximate surface area is 180 Å². The highest BCUT2D eigenvalue weighted by atomic mass is 35.5. The lowest BCUT2D eigenvalue weighted by molar-refractivity contribution is 0.205. The molecule has 1 aromatic carbocycles. The largest absolute Gasteiger partial charge is 0.451 e. The molecule has 158 valence electrons. The van der Waals surface area contributed by atoms with E-state index in [0.29, 0.717) is 28.2 Å². The topological polar surface area (TPSA) is 62.8 Å². The Morgan fingerprint density at radius 1 is 1.43 bits per heavy atom. The summed E-state index contributed by atoms with van der Waals surface area (Å²) in [7, 11) is 2.13. The predicted octanol–water partition coefficient (Wildman–Crippen LogP) is 3.30. The van der Waals surface area contributed by atoms with Crippen LogP contribution in [0.15, 0.2) is 46.2 Å². The van der Waals surface area contributed by atoms with Gasteiger partial charge in [-0.1, -0.05) is 6.07 Å². The van der Waals surface area contributed by atoms with Gasteiger partial charge in [-0.25, -0.2) is 8.93 Å². The highest BCUT2D eigenvalue weighted by Gasteiger charge is 2.12. The molecule has 0 amide bonds. The van der Waals surface area contributed by atoms with Gasteiger partial charge in [0.25, 0.3) is 0 Å². The van der Waals surface area contributed by atoms with Crippen molar-refractivity contribution in [2.75, 3.05) is 57.7 Å². The first-order chi connectivity index (χ1) is 13.5. The first-order valence-electron chi connectivity index (χ1n) is 9.00. The van der Waals surface area contributed by atoms with Crippen LogP contribution in [0.3, 0.4) is 0 Å². The van der Waals surface area contributed by atoms with Gasteiger partial charge in [-0.2, -0.15) is 0 Å². The maximum atomic E-state index is 12.4. The minimum Gasteiger partial charge on any atom is -0.451 e. The molecule has 0 spiro atoms. The second-order valence-corrected chi connectivity index (χ2v) is 8.52. The fraction of sp³-hybridized carbons (Fsp3) is 0.474. The number of nitrogens with zero attached hydrogens (tertiary/aromatic N) is 1. The van der Waals surface area contributed by atoms with Crippen molar-refractivity contribution in [1.82, 2.24) is 10.0 Å². The monoisotopic (exact) mass is 447 g/mol. The van der Waals surface area contributed by atoms with Crippen molar-refractivity contribution < 1.29 is 13.7 Å². The minimum atomic E-state index is -1.40. The summed E-state index contributed by atoms with van der Waals surface area (Å²) in [4.78, 5) is 2.26. The molecule has 0 saturated heterocycles. The van der Waals surface area contributed by atoms with E-state index >= 15 is 0 Å². The Balaban J connectivity index is 2.73. The van der Waals surface area contributed by atoms with Crippen LogP contribution in [0.2, 0.25) is 0 Å². The standard InChI is InChI=1S/C19H30ClN3O3S2/c1-5-23(13-11-21-3)17-7-6-8-18(15-17)26-16(2)27-19(9-10-20)28(24)22-12-14-25-4/h6-9,15,21-22H,2,5,10-14H2,1,3-4H3/b19-9+. The highest BCUT2D eigenvalue weighted by Crippen LogP contribution is 2.30. The van der Waals surface area contributed by atoms with Crippen LogP contribution >= 0.6 is 23.4 Å². The molecule has 0 aliphatic rings. The van der Waals surface area contributed by atoms with Crippen LogP contribution in [0.4, 0.5) is 5.69 Å². The van der Waals surface area contributed by atoms with Gasteiger partial charge in [-0.15, -0.1) is 11.6 Å². The Kier molecular flexibility index (Phi) is 13.3. The van der Waals surface area contributed by atoms with Crippen molar-refractivity contribution in [2.24, 2.45) is 0 Å². The third-order valence-electron chi connectivity index (χ3n) is 3.61. The molecule has 0 aromatic heterocycles. The number of rotatable bonds is 15. The van der Waals surface area contributed by atoms with Crippen LogP contribution in [0.5, 0.6) is 5.75 Å². The van der Waals surface area contributed by atoms with Gasteiger partial charge in [0.2, 0.25) is 0 Å². The zero-order valence-electron chi connectivity index (χ0n) is 16.7. The number of ether oxygens (including phenoxy) is 2. The fourth-order valence-corrected chi connectivity index (χ4v) is 4.52. The second kappa shape index (κ2) is 14.9. The van der Waals surface area contributed by atoms with E-state index in [2.05, 4.69) is 34.5 Å². The summed E-state index contributed by atoms with van der Waals surface area (Å²) in [6.45, 7) is 9.70. The number of benzene rings is 1. The van der Waals surface area contributed by atoms with Gasteiger partial charge in [-0.05, 0) is 50.5 Å². The summed E-state index contributed by atoms with van der Waals surface area (Å²) >= 11 is 7.00. The number of methoxy groups -OCH3 is 1. The van der Waals surface area contributed by atoms with E-state index in [9.17, 15) is 4.21 Å². The zero-order valence-corrected chi connectivity index (χ0v) is 19.1. The van der Waals surface area contributed by atoms with Gasteiger partial charge in [0.15, 0.2) is 5.09 Å². The number of hydrogen-bond donors (Lipinski definition) is 2. The number of thioether (sulfide) groups is 1. The third-order valence-corrected chi connectivity index (χ3v) is 6.14. The molecule has 1 atom stereocenters. The summed E-state index contributed by atoms with van der Waals surface area (Å²) in [5.41, 5.74) is 1.08. The Bertz CT molecular complexity index is 659. The first kappa shape index (κ1) is 25.0. The molecule has 0 saturated carbocycles. The van der Waals surface area contributed by atoms with E-state index in [1.807, 2.05) is 25.2 Å². The Morgan fingerprint density at radius 3 is 2.86 bits per heavy atom. The van der Waals surface area contributed by atoms with Gasteiger partial charge in [-0.3, -0.25) is 0 Å². The molecule has 0 radical (unpaired) electrons. The molecule has 0 heterocycles. The first-order valence-corrected chi connectivity index (χ1v) is 11.5. The molecular formula is C19H30ClN3O3S2. The molecule has 1 aromatic rings. The normalized spacial score (nSPS) is 12.6. The summed E-state index contributed by atoms with van der Waals surface area (Å²) in [5.74, 6) is 0.931. The van der Waals surface area contributed by atoms with Crippen molar-refractivity contribution in [3.05, 3.63) is 46.2 Å². The average Bonchev–Trinajstić information content (AvgIpc) is 2.68. The number of anilines is 1. The maximum Gasteiger partial charge on any atom is 0.159 e.